The van der Waals surface area contributed by atoms with Crippen molar-refractivity contribution in [2.75, 3.05) is 20.3 Å². The van der Waals surface area contributed by atoms with Gasteiger partial charge >= 0.3 is 11.9 Å². The van der Waals surface area contributed by atoms with Gasteiger partial charge in [-0.3, -0.25) is 4.79 Å². The van der Waals surface area contributed by atoms with Gasteiger partial charge in [0.1, 0.15) is 11.9 Å². The summed E-state index contributed by atoms with van der Waals surface area (Å²) in [5, 5.41) is 0. The first-order valence-corrected chi connectivity index (χ1v) is 7.85. The number of hydrogen-bond acceptors (Lipinski definition) is 5. The highest BCUT2D eigenvalue weighted by molar-refractivity contribution is 5.98. The zero-order valence-electron chi connectivity index (χ0n) is 13.7. The minimum Gasteiger partial charge on any atom is -0.465 e. The minimum atomic E-state index is -0.823. The molecule has 1 atom stereocenters. The van der Waals surface area contributed by atoms with E-state index in [0.717, 1.165) is 18.9 Å². The Labute approximate surface area is 139 Å². The first-order chi connectivity index (χ1) is 11.5. The first-order valence-electron chi connectivity index (χ1n) is 7.85. The number of likely N-dealkylation sites (tertiary alicyclic amines) is 1. The standard InChI is InChI=1S/C17H20FNO5/c1-3-24-17(22)14-6-4-5-9-19(14)15(20)12-8-7-11(10-13(12)18)16(21)23-2/h7-8,10,14H,3-6,9H2,1-2H3/t14-/m0/s1. The van der Waals surface area contributed by atoms with Crippen molar-refractivity contribution < 1.29 is 28.2 Å². The number of hydrogen-bond donors (Lipinski definition) is 0. The van der Waals surface area contributed by atoms with Crippen molar-refractivity contribution in [3.8, 4) is 0 Å². The number of carbonyl (C=O) groups excluding carboxylic acids is 3. The molecule has 1 aliphatic heterocycles. The molecule has 2 rings (SSSR count). The maximum absolute atomic E-state index is 14.3. The van der Waals surface area contributed by atoms with E-state index in [4.69, 9.17) is 4.74 Å². The molecule has 0 aromatic heterocycles. The van der Waals surface area contributed by atoms with Crippen LogP contribution in [-0.2, 0) is 14.3 Å². The molecule has 0 saturated carbocycles. The average molecular weight is 337 g/mol. The van der Waals surface area contributed by atoms with Gasteiger partial charge in [-0.25, -0.2) is 14.0 Å². The van der Waals surface area contributed by atoms with Gasteiger partial charge in [-0.15, -0.1) is 0 Å². The monoisotopic (exact) mass is 337 g/mol. The summed E-state index contributed by atoms with van der Waals surface area (Å²) in [6.45, 7) is 2.28. The topological polar surface area (TPSA) is 72.9 Å². The molecular weight excluding hydrogens is 317 g/mol. The fourth-order valence-corrected chi connectivity index (χ4v) is 2.75. The van der Waals surface area contributed by atoms with Crippen LogP contribution in [0.4, 0.5) is 4.39 Å². The molecule has 0 radical (unpaired) electrons. The molecule has 0 spiro atoms. The Hall–Kier alpha value is -2.44. The second-order valence-electron chi connectivity index (χ2n) is 5.45. The number of methoxy groups -OCH3 is 1. The SMILES string of the molecule is CCOC(=O)[C@@H]1CCCCN1C(=O)c1ccc(C(=O)OC)cc1F. The van der Waals surface area contributed by atoms with E-state index in [0.29, 0.717) is 13.0 Å². The molecule has 1 heterocycles. The molecule has 1 saturated heterocycles. The molecule has 7 heteroatoms. The van der Waals surface area contributed by atoms with Gasteiger partial charge in [0.2, 0.25) is 0 Å². The first kappa shape index (κ1) is 17.9. The molecule has 0 N–H and O–H groups in total. The summed E-state index contributed by atoms with van der Waals surface area (Å²) in [7, 11) is 1.19. The predicted octanol–water partition coefficient (Wildman–Crippen LogP) is 2.17. The van der Waals surface area contributed by atoms with E-state index >= 15 is 0 Å². The largest absolute Gasteiger partial charge is 0.465 e. The highest BCUT2D eigenvalue weighted by Crippen LogP contribution is 2.22. The molecule has 24 heavy (non-hydrogen) atoms. The quantitative estimate of drug-likeness (QED) is 0.787. The molecule has 1 aromatic carbocycles. The molecule has 0 bridgehead atoms. The molecule has 6 nitrogen and oxygen atoms in total. The van der Waals surface area contributed by atoms with Crippen LogP contribution in [0.5, 0.6) is 0 Å². The Bertz CT molecular complexity index is 646. The van der Waals surface area contributed by atoms with Gasteiger partial charge in [-0.1, -0.05) is 0 Å². The minimum absolute atomic E-state index is 0.0205. The summed E-state index contributed by atoms with van der Waals surface area (Å²) in [5.41, 5.74) is -0.161. The molecule has 1 fully saturated rings. The summed E-state index contributed by atoms with van der Waals surface area (Å²) in [5.74, 6) is -2.56. The second-order valence-corrected chi connectivity index (χ2v) is 5.45. The van der Waals surface area contributed by atoms with Crippen LogP contribution in [0.3, 0.4) is 0 Å². The zero-order chi connectivity index (χ0) is 17.7. The van der Waals surface area contributed by atoms with Crippen molar-refractivity contribution in [3.63, 3.8) is 0 Å². The summed E-state index contributed by atoms with van der Waals surface area (Å²) in [6, 6.07) is 2.82. The lowest BCUT2D eigenvalue weighted by molar-refractivity contribution is -0.149. The number of ether oxygens (including phenoxy) is 2. The molecule has 1 aliphatic rings. The van der Waals surface area contributed by atoms with E-state index in [1.54, 1.807) is 6.92 Å². The lowest BCUT2D eigenvalue weighted by atomic mass is 10.00. The number of amides is 1. The highest BCUT2D eigenvalue weighted by atomic mass is 19.1. The van der Waals surface area contributed by atoms with Crippen LogP contribution in [0.25, 0.3) is 0 Å². The number of benzene rings is 1. The molecule has 130 valence electrons. The highest BCUT2D eigenvalue weighted by Gasteiger charge is 2.34. The van der Waals surface area contributed by atoms with Crippen LogP contribution in [-0.4, -0.2) is 49.0 Å². The van der Waals surface area contributed by atoms with Crippen molar-refractivity contribution >= 4 is 17.8 Å². The number of piperidine rings is 1. The zero-order valence-corrected chi connectivity index (χ0v) is 13.7. The lowest BCUT2D eigenvalue weighted by Crippen LogP contribution is -2.48. The van der Waals surface area contributed by atoms with Crippen molar-refractivity contribution in [1.29, 1.82) is 0 Å². The Kier molecular flexibility index (Phi) is 5.89. The van der Waals surface area contributed by atoms with E-state index < -0.39 is 29.7 Å². The predicted molar refractivity (Wildman–Crippen MR) is 83.0 cm³/mol. The van der Waals surface area contributed by atoms with Gasteiger partial charge in [-0.05, 0) is 44.4 Å². The number of nitrogens with zero attached hydrogens (tertiary/aromatic N) is 1. The molecule has 1 aromatic rings. The smallest absolute Gasteiger partial charge is 0.337 e. The normalized spacial score (nSPS) is 17.3. The average Bonchev–Trinajstić information content (AvgIpc) is 2.60. The van der Waals surface area contributed by atoms with Crippen LogP contribution < -0.4 is 0 Å². The van der Waals surface area contributed by atoms with E-state index in [1.807, 2.05) is 0 Å². The van der Waals surface area contributed by atoms with E-state index in [2.05, 4.69) is 4.74 Å². The van der Waals surface area contributed by atoms with E-state index in [-0.39, 0.29) is 17.7 Å². The van der Waals surface area contributed by atoms with Crippen LogP contribution in [0.2, 0.25) is 0 Å². The van der Waals surface area contributed by atoms with Gasteiger partial charge in [0.05, 0.1) is 24.8 Å². The van der Waals surface area contributed by atoms with Crippen molar-refractivity contribution in [2.45, 2.75) is 32.2 Å². The maximum Gasteiger partial charge on any atom is 0.337 e. The van der Waals surface area contributed by atoms with Crippen LogP contribution >= 0.6 is 0 Å². The van der Waals surface area contributed by atoms with Gasteiger partial charge in [0, 0.05) is 6.54 Å². The number of halogens is 1. The Balaban J connectivity index is 2.25. The van der Waals surface area contributed by atoms with Crippen LogP contribution in [0.1, 0.15) is 46.9 Å². The summed E-state index contributed by atoms with van der Waals surface area (Å²) >= 11 is 0. The summed E-state index contributed by atoms with van der Waals surface area (Å²) < 4.78 is 23.8. The summed E-state index contributed by atoms with van der Waals surface area (Å²) in [6.07, 6.45) is 2.03. The third-order valence-electron chi connectivity index (χ3n) is 3.94. The Morgan fingerprint density at radius 1 is 1.29 bits per heavy atom. The fraction of sp³-hybridized carbons (Fsp3) is 0.471. The molecule has 1 amide bonds. The van der Waals surface area contributed by atoms with E-state index in [9.17, 15) is 18.8 Å². The van der Waals surface area contributed by atoms with Crippen molar-refractivity contribution in [2.24, 2.45) is 0 Å². The fourth-order valence-electron chi connectivity index (χ4n) is 2.75. The Morgan fingerprint density at radius 3 is 2.67 bits per heavy atom. The number of carbonyl (C=O) groups is 3. The van der Waals surface area contributed by atoms with Gasteiger partial charge in [0.25, 0.3) is 5.91 Å². The summed E-state index contributed by atoms with van der Waals surface area (Å²) in [4.78, 5) is 37.5. The third kappa shape index (κ3) is 3.72. The van der Waals surface area contributed by atoms with Crippen molar-refractivity contribution in [3.05, 3.63) is 35.1 Å². The molecular formula is C17H20FNO5. The number of esters is 2. The second kappa shape index (κ2) is 7.90. The Morgan fingerprint density at radius 2 is 2.04 bits per heavy atom. The maximum atomic E-state index is 14.3. The third-order valence-corrected chi connectivity index (χ3v) is 3.94. The van der Waals surface area contributed by atoms with Crippen LogP contribution in [0, 0.1) is 5.82 Å². The van der Waals surface area contributed by atoms with Gasteiger partial charge in [-0.2, -0.15) is 0 Å². The van der Waals surface area contributed by atoms with Crippen molar-refractivity contribution in [1.82, 2.24) is 4.90 Å². The molecule has 0 aliphatic carbocycles. The van der Waals surface area contributed by atoms with Gasteiger partial charge < -0.3 is 14.4 Å². The molecule has 0 unspecified atom stereocenters. The lowest BCUT2D eigenvalue weighted by Gasteiger charge is -2.34. The van der Waals surface area contributed by atoms with E-state index in [1.165, 1.54) is 24.1 Å². The van der Waals surface area contributed by atoms with Gasteiger partial charge in [0.15, 0.2) is 0 Å². The van der Waals surface area contributed by atoms with Crippen LogP contribution in [0.15, 0.2) is 18.2 Å². The number of rotatable bonds is 4.